The summed E-state index contributed by atoms with van der Waals surface area (Å²) in [5.74, 6) is 4.76. The largest absolute Gasteiger partial charge is 0.496 e. The zero-order chi connectivity index (χ0) is 15.0. The third-order valence-electron chi connectivity index (χ3n) is 2.33. The number of hydrogen-bond donors (Lipinski definition) is 4. The van der Waals surface area contributed by atoms with Crippen LogP contribution in [0.1, 0.15) is 25.0 Å². The van der Waals surface area contributed by atoms with Gasteiger partial charge in [-0.1, -0.05) is 13.8 Å². The number of carbonyl (C=O) groups is 1. The van der Waals surface area contributed by atoms with Crippen molar-refractivity contribution in [2.45, 2.75) is 20.8 Å². The molecule has 1 aromatic carbocycles. The fraction of sp³-hybridized carbons (Fsp3) is 0.308. The lowest BCUT2D eigenvalue weighted by molar-refractivity contribution is -0.132. The number of ether oxygens (including phenoxy) is 1. The molecule has 106 valence electrons. The van der Waals surface area contributed by atoms with E-state index >= 15 is 0 Å². The van der Waals surface area contributed by atoms with Crippen LogP contribution < -0.4 is 21.7 Å². The lowest BCUT2D eigenvalue weighted by Crippen LogP contribution is -2.26. The third-order valence-corrected chi connectivity index (χ3v) is 2.33. The van der Waals surface area contributed by atoms with E-state index in [0.717, 1.165) is 5.56 Å². The van der Waals surface area contributed by atoms with Crippen molar-refractivity contribution in [2.75, 3.05) is 7.11 Å². The van der Waals surface area contributed by atoms with E-state index in [-0.39, 0.29) is 11.4 Å². The van der Waals surface area contributed by atoms with Crippen molar-refractivity contribution in [3.8, 4) is 5.75 Å². The van der Waals surface area contributed by atoms with Crippen LogP contribution in [0.25, 0.3) is 5.70 Å². The van der Waals surface area contributed by atoms with Gasteiger partial charge in [0.15, 0.2) is 0 Å². The topological polar surface area (TPSA) is 111 Å². The predicted molar refractivity (Wildman–Crippen MR) is 75.1 cm³/mol. The Hall–Kier alpha value is -2.21. The van der Waals surface area contributed by atoms with Gasteiger partial charge in [-0.05, 0) is 30.7 Å². The molecule has 0 aliphatic carbocycles. The van der Waals surface area contributed by atoms with Gasteiger partial charge in [0.25, 0.3) is 0 Å². The molecule has 0 spiro atoms. The first-order valence-electron chi connectivity index (χ1n) is 5.86. The highest BCUT2D eigenvalue weighted by Crippen LogP contribution is 2.22. The van der Waals surface area contributed by atoms with Crippen LogP contribution in [0.3, 0.4) is 0 Å². The van der Waals surface area contributed by atoms with Crippen LogP contribution in [0.4, 0.5) is 0 Å². The van der Waals surface area contributed by atoms with Gasteiger partial charge >= 0.3 is 5.97 Å². The Balaban J connectivity index is 0.00000154. The van der Waals surface area contributed by atoms with Crippen molar-refractivity contribution in [1.29, 1.82) is 0 Å². The second-order valence-corrected chi connectivity index (χ2v) is 3.42. The Morgan fingerprint density at radius 1 is 1.37 bits per heavy atom. The molecule has 0 amide bonds. The highest BCUT2D eigenvalue weighted by Gasteiger charge is 2.12. The number of nitrogens with two attached hydrogens (primary N) is 2. The van der Waals surface area contributed by atoms with Gasteiger partial charge in [-0.2, -0.15) is 0 Å². The number of benzene rings is 1. The first kappa shape index (κ1) is 16.8. The highest BCUT2D eigenvalue weighted by molar-refractivity contribution is 5.94. The molecule has 6 N–H and O–H groups in total. The number of rotatable bonds is 4. The van der Waals surface area contributed by atoms with Crippen LogP contribution in [0, 0.1) is 6.92 Å². The Morgan fingerprint density at radius 2 is 1.95 bits per heavy atom. The number of aryl methyl sites for hydroxylation is 1. The SMILES string of the molecule is CC.COc1ccc(/C(NN)=C(/N)C(=O)O)cc1C. The Labute approximate surface area is 113 Å². The summed E-state index contributed by atoms with van der Waals surface area (Å²) in [4.78, 5) is 10.8. The van der Waals surface area contributed by atoms with Crippen LogP contribution in [-0.4, -0.2) is 18.2 Å². The van der Waals surface area contributed by atoms with Crippen LogP contribution in [0.2, 0.25) is 0 Å². The molecule has 0 unspecified atom stereocenters. The molecular weight excluding hydrogens is 246 g/mol. The Morgan fingerprint density at radius 3 is 2.32 bits per heavy atom. The van der Waals surface area contributed by atoms with Gasteiger partial charge in [0.05, 0.1) is 12.8 Å². The van der Waals surface area contributed by atoms with Crippen molar-refractivity contribution in [3.05, 3.63) is 35.0 Å². The molecule has 0 aliphatic heterocycles. The maximum atomic E-state index is 10.8. The molecule has 0 fully saturated rings. The number of hydrogen-bond acceptors (Lipinski definition) is 5. The zero-order valence-electron chi connectivity index (χ0n) is 11.7. The lowest BCUT2D eigenvalue weighted by atomic mass is 10.1. The maximum absolute atomic E-state index is 10.8. The van der Waals surface area contributed by atoms with Crippen molar-refractivity contribution in [1.82, 2.24) is 5.43 Å². The van der Waals surface area contributed by atoms with E-state index in [0.29, 0.717) is 11.3 Å². The summed E-state index contributed by atoms with van der Waals surface area (Å²) in [7, 11) is 1.56. The molecule has 0 saturated heterocycles. The molecule has 0 atom stereocenters. The number of nitrogens with one attached hydrogen (secondary N) is 1. The number of hydrazine groups is 1. The van der Waals surface area contributed by atoms with E-state index < -0.39 is 5.97 Å². The first-order valence-corrected chi connectivity index (χ1v) is 5.86. The summed E-state index contributed by atoms with van der Waals surface area (Å²) >= 11 is 0. The van der Waals surface area contributed by atoms with E-state index in [2.05, 4.69) is 5.43 Å². The molecule has 0 radical (unpaired) electrons. The van der Waals surface area contributed by atoms with Crippen LogP contribution in [-0.2, 0) is 4.79 Å². The number of aliphatic carboxylic acids is 1. The Kier molecular flexibility index (Phi) is 7.06. The minimum atomic E-state index is -1.23. The van der Waals surface area contributed by atoms with Gasteiger partial charge in [0.1, 0.15) is 11.4 Å². The van der Waals surface area contributed by atoms with Gasteiger partial charge in [-0.3, -0.25) is 5.84 Å². The van der Waals surface area contributed by atoms with Crippen LogP contribution in [0.15, 0.2) is 23.9 Å². The molecule has 1 rings (SSSR count). The molecule has 0 aromatic heterocycles. The van der Waals surface area contributed by atoms with Crippen molar-refractivity contribution < 1.29 is 14.6 Å². The quantitative estimate of drug-likeness (QED) is 0.371. The number of methoxy groups -OCH3 is 1. The molecule has 0 saturated carbocycles. The van der Waals surface area contributed by atoms with E-state index in [4.69, 9.17) is 21.4 Å². The van der Waals surface area contributed by atoms with Gasteiger partial charge in [-0.15, -0.1) is 0 Å². The molecule has 0 bridgehead atoms. The Bertz CT molecular complexity index is 470. The van der Waals surface area contributed by atoms with Crippen LogP contribution in [0.5, 0.6) is 5.75 Å². The van der Waals surface area contributed by atoms with Crippen LogP contribution >= 0.6 is 0 Å². The van der Waals surface area contributed by atoms with E-state index in [1.807, 2.05) is 20.8 Å². The molecular formula is C13H21N3O3. The zero-order valence-corrected chi connectivity index (χ0v) is 11.7. The van der Waals surface area contributed by atoms with Gasteiger partial charge in [0.2, 0.25) is 0 Å². The summed E-state index contributed by atoms with van der Waals surface area (Å²) in [6.45, 7) is 5.84. The second-order valence-electron chi connectivity index (χ2n) is 3.42. The minimum Gasteiger partial charge on any atom is -0.496 e. The lowest BCUT2D eigenvalue weighted by Gasteiger charge is -2.11. The second kappa shape index (κ2) is 7.99. The first-order chi connectivity index (χ1) is 9.01. The van der Waals surface area contributed by atoms with E-state index in [1.165, 1.54) is 0 Å². The fourth-order valence-electron chi connectivity index (χ4n) is 1.46. The molecule has 0 aliphatic rings. The molecule has 19 heavy (non-hydrogen) atoms. The average molecular weight is 267 g/mol. The fourth-order valence-corrected chi connectivity index (χ4v) is 1.46. The van der Waals surface area contributed by atoms with Gasteiger partial charge in [0, 0.05) is 5.56 Å². The third kappa shape index (κ3) is 4.18. The van der Waals surface area contributed by atoms with Crippen molar-refractivity contribution in [3.63, 3.8) is 0 Å². The summed E-state index contributed by atoms with van der Waals surface area (Å²) in [6, 6.07) is 5.14. The molecule has 1 aromatic rings. The molecule has 6 heteroatoms. The van der Waals surface area contributed by atoms with E-state index in [1.54, 1.807) is 25.3 Å². The summed E-state index contributed by atoms with van der Waals surface area (Å²) in [5, 5.41) is 8.81. The van der Waals surface area contributed by atoms with Gasteiger partial charge < -0.3 is 21.0 Å². The minimum absolute atomic E-state index is 0.170. The monoisotopic (exact) mass is 267 g/mol. The maximum Gasteiger partial charge on any atom is 0.353 e. The van der Waals surface area contributed by atoms with E-state index in [9.17, 15) is 4.79 Å². The smallest absolute Gasteiger partial charge is 0.353 e. The number of carboxylic acids is 1. The highest BCUT2D eigenvalue weighted by atomic mass is 16.5. The van der Waals surface area contributed by atoms with Crippen molar-refractivity contribution in [2.24, 2.45) is 11.6 Å². The van der Waals surface area contributed by atoms with Crippen molar-refractivity contribution >= 4 is 11.7 Å². The summed E-state index contributed by atoms with van der Waals surface area (Å²) in [5.41, 5.74) is 9.01. The molecule has 6 nitrogen and oxygen atoms in total. The van der Waals surface area contributed by atoms with Gasteiger partial charge in [-0.25, -0.2) is 4.79 Å². The molecule has 0 heterocycles. The normalized spacial score (nSPS) is 10.8. The average Bonchev–Trinajstić information content (AvgIpc) is 2.42. The standard InChI is InChI=1S/C11H15N3O3.C2H6/c1-6-5-7(3-4-8(6)17-2)10(14-13)9(12)11(15)16;1-2/h3-5,14H,12-13H2,1-2H3,(H,15,16);1-2H3/b10-9-;. The number of carboxylic acid groups (broad SMARTS) is 1. The summed E-state index contributed by atoms with van der Waals surface area (Å²) < 4.78 is 5.11. The predicted octanol–water partition coefficient (Wildman–Crippen LogP) is 1.21. The summed E-state index contributed by atoms with van der Waals surface area (Å²) in [6.07, 6.45) is 0.